The second-order valence-electron chi connectivity index (χ2n) is 7.74. The van der Waals surface area contributed by atoms with Crippen molar-refractivity contribution in [3.05, 3.63) is 83.9 Å². The number of aromatic nitrogens is 1. The molecular formula is C25H20N2O3S3. The lowest BCUT2D eigenvalue weighted by Gasteiger charge is -2.15. The highest BCUT2D eigenvalue weighted by atomic mass is 32.2. The number of thiazole rings is 1. The molecule has 0 saturated carbocycles. The van der Waals surface area contributed by atoms with Crippen LogP contribution in [0.5, 0.6) is 5.75 Å². The number of sulfonamides is 1. The van der Waals surface area contributed by atoms with Crippen molar-refractivity contribution in [2.75, 3.05) is 4.72 Å². The van der Waals surface area contributed by atoms with Crippen LogP contribution in [0.4, 0.5) is 5.69 Å². The lowest BCUT2D eigenvalue weighted by molar-refractivity contribution is 0.469. The molecule has 1 heterocycles. The normalized spacial score (nSPS) is 11.8. The van der Waals surface area contributed by atoms with Gasteiger partial charge in [0.05, 0.1) is 25.7 Å². The molecule has 0 fully saturated rings. The Bertz CT molecular complexity index is 1590. The number of rotatable bonds is 5. The van der Waals surface area contributed by atoms with Crippen molar-refractivity contribution in [1.82, 2.24) is 4.98 Å². The molecule has 5 nitrogen and oxygen atoms in total. The van der Waals surface area contributed by atoms with Crippen LogP contribution in [0.1, 0.15) is 11.1 Å². The molecular weight excluding hydrogens is 472 g/mol. The van der Waals surface area contributed by atoms with Gasteiger partial charge in [0.15, 0.2) is 4.34 Å². The SMILES string of the molecule is Cc1ccc(C)c(S(=O)(=O)Nc2cc(Sc3nc4ccccc4s3)c(O)c3ccccc23)c1. The molecule has 2 N–H and O–H groups in total. The molecule has 0 aliphatic rings. The Morgan fingerprint density at radius 1 is 0.939 bits per heavy atom. The van der Waals surface area contributed by atoms with Gasteiger partial charge in [0.2, 0.25) is 0 Å². The molecule has 0 amide bonds. The fraction of sp³-hybridized carbons (Fsp3) is 0.0800. The Hall–Kier alpha value is -3.07. The van der Waals surface area contributed by atoms with Crippen molar-refractivity contribution in [1.29, 1.82) is 0 Å². The van der Waals surface area contributed by atoms with Crippen LogP contribution >= 0.6 is 23.1 Å². The molecule has 1 aromatic heterocycles. The molecule has 5 rings (SSSR count). The van der Waals surface area contributed by atoms with Crippen LogP contribution in [-0.4, -0.2) is 18.5 Å². The summed E-state index contributed by atoms with van der Waals surface area (Å²) in [5.41, 5.74) is 2.83. The molecule has 0 unspecified atom stereocenters. The van der Waals surface area contributed by atoms with Crippen LogP contribution in [-0.2, 0) is 10.0 Å². The second-order valence-corrected chi connectivity index (χ2v) is 11.7. The van der Waals surface area contributed by atoms with Gasteiger partial charge in [0.25, 0.3) is 10.0 Å². The fourth-order valence-corrected chi connectivity index (χ4v) is 7.20. The average Bonchev–Trinajstić information content (AvgIpc) is 3.21. The quantitative estimate of drug-likeness (QED) is 0.266. The number of fused-ring (bicyclic) bond motifs is 2. The van der Waals surface area contributed by atoms with Gasteiger partial charge in [0, 0.05) is 10.8 Å². The zero-order valence-corrected chi connectivity index (χ0v) is 20.3. The molecule has 0 radical (unpaired) electrons. The Morgan fingerprint density at radius 3 is 2.45 bits per heavy atom. The number of aryl methyl sites for hydroxylation is 2. The highest BCUT2D eigenvalue weighted by Crippen LogP contribution is 2.44. The Balaban J connectivity index is 1.61. The molecule has 0 aliphatic heterocycles. The van der Waals surface area contributed by atoms with Crippen molar-refractivity contribution in [2.45, 2.75) is 28.0 Å². The third-order valence-electron chi connectivity index (χ3n) is 5.33. The van der Waals surface area contributed by atoms with Gasteiger partial charge in [-0.3, -0.25) is 4.72 Å². The number of aromatic hydroxyl groups is 1. The van der Waals surface area contributed by atoms with Gasteiger partial charge in [-0.05, 0) is 49.2 Å². The van der Waals surface area contributed by atoms with Gasteiger partial charge in [0.1, 0.15) is 5.75 Å². The van der Waals surface area contributed by atoms with E-state index in [4.69, 9.17) is 0 Å². The van der Waals surface area contributed by atoms with Crippen molar-refractivity contribution >= 4 is 59.8 Å². The third kappa shape index (κ3) is 4.17. The van der Waals surface area contributed by atoms with E-state index in [1.165, 1.54) is 23.1 Å². The Labute approximate surface area is 200 Å². The Kier molecular flexibility index (Phi) is 5.52. The van der Waals surface area contributed by atoms with Gasteiger partial charge in [-0.25, -0.2) is 13.4 Å². The molecule has 4 aromatic carbocycles. The average molecular weight is 493 g/mol. The maximum Gasteiger partial charge on any atom is 0.262 e. The van der Waals surface area contributed by atoms with Crippen LogP contribution in [0.25, 0.3) is 21.0 Å². The molecule has 0 atom stereocenters. The van der Waals surface area contributed by atoms with E-state index in [9.17, 15) is 13.5 Å². The van der Waals surface area contributed by atoms with E-state index in [1.807, 2.05) is 49.4 Å². The summed E-state index contributed by atoms with van der Waals surface area (Å²) in [6.07, 6.45) is 0. The van der Waals surface area contributed by atoms with Crippen LogP contribution < -0.4 is 4.72 Å². The summed E-state index contributed by atoms with van der Waals surface area (Å²) >= 11 is 2.85. The summed E-state index contributed by atoms with van der Waals surface area (Å²) in [5, 5.41) is 12.2. The highest BCUT2D eigenvalue weighted by molar-refractivity contribution is 8.01. The molecule has 0 bridgehead atoms. The third-order valence-corrected chi connectivity index (χ3v) is 8.97. The standard InChI is InChI=1S/C25H20N2O3S3/c1-15-11-12-16(2)23(13-15)33(29,30)27-20-14-22(24(28)18-8-4-3-7-17(18)20)32-25-26-19-9-5-6-10-21(19)31-25/h3-14,27-28H,1-2H3. The van der Waals surface area contributed by atoms with Crippen molar-refractivity contribution < 1.29 is 13.5 Å². The van der Waals surface area contributed by atoms with Gasteiger partial charge in [-0.1, -0.05) is 60.3 Å². The first-order valence-electron chi connectivity index (χ1n) is 10.2. The van der Waals surface area contributed by atoms with E-state index >= 15 is 0 Å². The van der Waals surface area contributed by atoms with Crippen LogP contribution in [0.15, 0.2) is 86.9 Å². The summed E-state index contributed by atoms with van der Waals surface area (Å²) < 4.78 is 31.2. The molecule has 8 heteroatoms. The number of benzene rings is 4. The molecule has 5 aromatic rings. The van der Waals surface area contributed by atoms with Gasteiger partial charge in [-0.15, -0.1) is 11.3 Å². The fourth-order valence-electron chi connectivity index (χ4n) is 3.68. The molecule has 33 heavy (non-hydrogen) atoms. The predicted molar refractivity (Wildman–Crippen MR) is 136 cm³/mol. The number of anilines is 1. The van der Waals surface area contributed by atoms with Crippen molar-refractivity contribution in [2.24, 2.45) is 0 Å². The zero-order valence-electron chi connectivity index (χ0n) is 17.9. The number of phenolic OH excluding ortho intramolecular Hbond substituents is 1. The van der Waals surface area contributed by atoms with Crippen LogP contribution in [0.3, 0.4) is 0 Å². The zero-order chi connectivity index (χ0) is 23.2. The van der Waals surface area contributed by atoms with E-state index < -0.39 is 10.0 Å². The first-order valence-corrected chi connectivity index (χ1v) is 13.3. The summed E-state index contributed by atoms with van der Waals surface area (Å²) in [6.45, 7) is 3.64. The highest BCUT2D eigenvalue weighted by Gasteiger charge is 2.21. The van der Waals surface area contributed by atoms with Crippen LogP contribution in [0, 0.1) is 13.8 Å². The number of nitrogens with one attached hydrogen (secondary N) is 1. The van der Waals surface area contributed by atoms with E-state index in [1.54, 1.807) is 37.3 Å². The van der Waals surface area contributed by atoms with E-state index in [0.29, 0.717) is 26.9 Å². The predicted octanol–water partition coefficient (Wildman–Crippen LogP) is 6.72. The molecule has 0 saturated heterocycles. The minimum absolute atomic E-state index is 0.101. The van der Waals surface area contributed by atoms with Gasteiger partial charge >= 0.3 is 0 Å². The molecule has 166 valence electrons. The summed E-state index contributed by atoms with van der Waals surface area (Å²) in [4.78, 5) is 5.40. The minimum atomic E-state index is -3.83. The van der Waals surface area contributed by atoms with Crippen molar-refractivity contribution in [3.63, 3.8) is 0 Å². The molecule has 0 aliphatic carbocycles. The lowest BCUT2D eigenvalue weighted by atomic mass is 10.1. The van der Waals surface area contributed by atoms with Crippen LogP contribution in [0.2, 0.25) is 0 Å². The largest absolute Gasteiger partial charge is 0.506 e. The maximum atomic E-state index is 13.3. The van der Waals surface area contributed by atoms with Gasteiger partial charge in [-0.2, -0.15) is 0 Å². The minimum Gasteiger partial charge on any atom is -0.506 e. The van der Waals surface area contributed by atoms with E-state index in [-0.39, 0.29) is 10.6 Å². The lowest BCUT2D eigenvalue weighted by Crippen LogP contribution is -2.15. The van der Waals surface area contributed by atoms with E-state index in [0.717, 1.165) is 20.1 Å². The Morgan fingerprint density at radius 2 is 1.67 bits per heavy atom. The monoisotopic (exact) mass is 492 g/mol. The second kappa shape index (κ2) is 8.37. The number of nitrogens with zero attached hydrogens (tertiary/aromatic N) is 1. The number of para-hydroxylation sites is 1. The van der Waals surface area contributed by atoms with Gasteiger partial charge < -0.3 is 5.11 Å². The first kappa shape index (κ1) is 21.8. The molecule has 0 spiro atoms. The van der Waals surface area contributed by atoms with Crippen molar-refractivity contribution in [3.8, 4) is 5.75 Å². The first-order chi connectivity index (χ1) is 15.8. The number of hydrogen-bond acceptors (Lipinski definition) is 6. The van der Waals surface area contributed by atoms with E-state index in [2.05, 4.69) is 9.71 Å². The number of hydrogen-bond donors (Lipinski definition) is 2. The summed E-state index contributed by atoms with van der Waals surface area (Å²) in [6, 6.07) is 22.1. The topological polar surface area (TPSA) is 79.3 Å². The smallest absolute Gasteiger partial charge is 0.262 e. The number of phenols is 1. The summed E-state index contributed by atoms with van der Waals surface area (Å²) in [7, 11) is -3.83. The maximum absolute atomic E-state index is 13.3. The summed E-state index contributed by atoms with van der Waals surface area (Å²) in [5.74, 6) is 0.101.